The maximum atomic E-state index is 12.2. The summed E-state index contributed by atoms with van der Waals surface area (Å²) in [7, 11) is 0. The van der Waals surface area contributed by atoms with Crippen LogP contribution >= 0.6 is 0 Å². The summed E-state index contributed by atoms with van der Waals surface area (Å²) in [5.41, 5.74) is 4.07. The summed E-state index contributed by atoms with van der Waals surface area (Å²) >= 11 is 0. The molecule has 0 fully saturated rings. The van der Waals surface area contributed by atoms with Crippen molar-refractivity contribution in [3.05, 3.63) is 53.6 Å². The summed E-state index contributed by atoms with van der Waals surface area (Å²) in [6.45, 7) is 0.754. The number of carbonyl (C=O) groups is 3. The second-order valence-corrected chi connectivity index (χ2v) is 6.24. The molecule has 0 aromatic heterocycles. The van der Waals surface area contributed by atoms with E-state index in [-0.39, 0.29) is 5.91 Å². The molecule has 0 radical (unpaired) electrons. The van der Waals surface area contributed by atoms with Crippen molar-refractivity contribution in [1.29, 1.82) is 0 Å². The van der Waals surface area contributed by atoms with Gasteiger partial charge in [0.15, 0.2) is 0 Å². The van der Waals surface area contributed by atoms with Crippen molar-refractivity contribution >= 4 is 34.8 Å². The number of nitrogens with one attached hydrogen (secondary N) is 2. The quantitative estimate of drug-likeness (QED) is 0.825. The number of benzene rings is 2. The molecule has 2 heterocycles. The van der Waals surface area contributed by atoms with Gasteiger partial charge in [-0.3, -0.25) is 14.4 Å². The lowest BCUT2D eigenvalue weighted by atomic mass is 9.99. The first-order chi connectivity index (χ1) is 12.1. The molecule has 0 bridgehead atoms. The van der Waals surface area contributed by atoms with Crippen molar-refractivity contribution in [2.24, 2.45) is 0 Å². The highest BCUT2D eigenvalue weighted by Crippen LogP contribution is 2.38. The Kier molecular flexibility index (Phi) is 3.72. The predicted octanol–water partition coefficient (Wildman–Crippen LogP) is 2.10. The number of hydrogen-bond acceptors (Lipinski definition) is 3. The molecular weight excluding hydrogens is 318 g/mol. The molecule has 2 aromatic carbocycles. The van der Waals surface area contributed by atoms with Gasteiger partial charge in [0.05, 0.1) is 12.1 Å². The molecule has 25 heavy (non-hydrogen) atoms. The van der Waals surface area contributed by atoms with E-state index in [4.69, 9.17) is 0 Å². The van der Waals surface area contributed by atoms with E-state index < -0.39 is 11.8 Å². The lowest BCUT2D eigenvalue weighted by Gasteiger charge is -2.26. The van der Waals surface area contributed by atoms with Crippen molar-refractivity contribution in [1.82, 2.24) is 0 Å². The predicted molar refractivity (Wildman–Crippen MR) is 94.5 cm³/mol. The van der Waals surface area contributed by atoms with Crippen LogP contribution in [0.25, 0.3) is 0 Å². The van der Waals surface area contributed by atoms with Crippen LogP contribution in [0.15, 0.2) is 42.5 Å². The molecule has 2 N–H and O–H groups in total. The summed E-state index contributed by atoms with van der Waals surface area (Å²) in [5.74, 6) is -1.35. The monoisotopic (exact) mass is 335 g/mol. The summed E-state index contributed by atoms with van der Waals surface area (Å²) in [6.07, 6.45) is 2.12. The van der Waals surface area contributed by atoms with Gasteiger partial charge in [0.1, 0.15) is 0 Å². The third-order valence-electron chi connectivity index (χ3n) is 4.50. The molecule has 3 amide bonds. The molecule has 2 aromatic rings. The SMILES string of the molecule is O=C(Nc1ccccc1)C(=O)Nc1cc2c3c(c1)CC(=O)N3CCC2. The van der Waals surface area contributed by atoms with Crippen LogP contribution < -0.4 is 15.5 Å². The van der Waals surface area contributed by atoms with Crippen LogP contribution in [0, 0.1) is 0 Å². The minimum Gasteiger partial charge on any atom is -0.318 e. The normalized spacial score (nSPS) is 14.9. The zero-order valence-electron chi connectivity index (χ0n) is 13.5. The van der Waals surface area contributed by atoms with Gasteiger partial charge in [0, 0.05) is 17.9 Å². The number of para-hydroxylation sites is 1. The smallest absolute Gasteiger partial charge is 0.314 e. The molecule has 126 valence electrons. The van der Waals surface area contributed by atoms with Gasteiger partial charge in [-0.25, -0.2) is 0 Å². The van der Waals surface area contributed by atoms with Crippen molar-refractivity contribution in [2.75, 3.05) is 22.1 Å². The molecule has 6 nitrogen and oxygen atoms in total. The number of carbonyl (C=O) groups excluding carboxylic acids is 3. The van der Waals surface area contributed by atoms with Gasteiger partial charge >= 0.3 is 11.8 Å². The van der Waals surface area contributed by atoms with E-state index in [0.717, 1.165) is 36.2 Å². The third-order valence-corrected chi connectivity index (χ3v) is 4.50. The maximum Gasteiger partial charge on any atom is 0.314 e. The highest BCUT2D eigenvalue weighted by atomic mass is 16.2. The van der Waals surface area contributed by atoms with E-state index in [0.29, 0.717) is 17.8 Å². The highest BCUT2D eigenvalue weighted by molar-refractivity contribution is 6.43. The van der Waals surface area contributed by atoms with Gasteiger partial charge in [-0.05, 0) is 48.2 Å². The fraction of sp³-hybridized carbons (Fsp3) is 0.211. The summed E-state index contributed by atoms with van der Waals surface area (Å²) in [6, 6.07) is 12.5. The zero-order chi connectivity index (χ0) is 17.4. The summed E-state index contributed by atoms with van der Waals surface area (Å²) in [5, 5.41) is 5.19. The Bertz CT molecular complexity index is 877. The van der Waals surface area contributed by atoms with Gasteiger partial charge in [-0.15, -0.1) is 0 Å². The summed E-state index contributed by atoms with van der Waals surface area (Å²) < 4.78 is 0. The first-order valence-corrected chi connectivity index (χ1v) is 8.25. The van der Waals surface area contributed by atoms with Crippen LogP contribution in [-0.4, -0.2) is 24.3 Å². The van der Waals surface area contributed by atoms with Crippen LogP contribution in [0.1, 0.15) is 17.5 Å². The Balaban J connectivity index is 1.52. The van der Waals surface area contributed by atoms with E-state index in [1.807, 2.05) is 17.0 Å². The van der Waals surface area contributed by atoms with Gasteiger partial charge in [-0.2, -0.15) is 0 Å². The van der Waals surface area contributed by atoms with Crippen molar-refractivity contribution in [2.45, 2.75) is 19.3 Å². The van der Waals surface area contributed by atoms with E-state index in [9.17, 15) is 14.4 Å². The number of hydrogen-bond donors (Lipinski definition) is 2. The minimum absolute atomic E-state index is 0.0984. The van der Waals surface area contributed by atoms with E-state index >= 15 is 0 Å². The van der Waals surface area contributed by atoms with E-state index in [1.54, 1.807) is 30.3 Å². The van der Waals surface area contributed by atoms with Crippen LogP contribution in [0.2, 0.25) is 0 Å². The molecule has 2 aliphatic rings. The van der Waals surface area contributed by atoms with Crippen LogP contribution in [0.5, 0.6) is 0 Å². The maximum absolute atomic E-state index is 12.2. The molecule has 0 unspecified atom stereocenters. The van der Waals surface area contributed by atoms with Crippen LogP contribution in [0.3, 0.4) is 0 Å². The molecular formula is C19H17N3O3. The van der Waals surface area contributed by atoms with E-state index in [1.165, 1.54) is 0 Å². The van der Waals surface area contributed by atoms with E-state index in [2.05, 4.69) is 10.6 Å². The number of amides is 3. The lowest BCUT2D eigenvalue weighted by Crippen LogP contribution is -2.31. The standard InChI is InChI=1S/C19H17N3O3/c23-16-11-13-10-15(9-12-5-4-8-22(16)17(12)13)21-19(25)18(24)20-14-6-2-1-3-7-14/h1-3,6-7,9-10H,4-5,8,11H2,(H,20,24)(H,21,25). The molecule has 2 aliphatic heterocycles. The average molecular weight is 335 g/mol. The molecule has 0 atom stereocenters. The lowest BCUT2D eigenvalue weighted by molar-refractivity contribution is -0.132. The zero-order valence-corrected chi connectivity index (χ0v) is 13.5. The number of nitrogens with zero attached hydrogens (tertiary/aromatic N) is 1. The van der Waals surface area contributed by atoms with Gasteiger partial charge in [0.2, 0.25) is 5.91 Å². The van der Waals surface area contributed by atoms with Crippen LogP contribution in [0.4, 0.5) is 17.1 Å². The number of aryl methyl sites for hydroxylation is 1. The van der Waals surface area contributed by atoms with Crippen molar-refractivity contribution < 1.29 is 14.4 Å². The fourth-order valence-corrected chi connectivity index (χ4v) is 3.45. The van der Waals surface area contributed by atoms with Crippen molar-refractivity contribution in [3.8, 4) is 0 Å². The Morgan fingerprint density at radius 1 is 0.920 bits per heavy atom. The Hall–Kier alpha value is -3.15. The van der Waals surface area contributed by atoms with Gasteiger partial charge in [-0.1, -0.05) is 18.2 Å². The molecule has 6 heteroatoms. The largest absolute Gasteiger partial charge is 0.318 e. The van der Waals surface area contributed by atoms with Gasteiger partial charge in [0.25, 0.3) is 0 Å². The molecule has 4 rings (SSSR count). The number of anilines is 3. The van der Waals surface area contributed by atoms with Crippen LogP contribution in [-0.2, 0) is 27.2 Å². The average Bonchev–Trinajstić information content (AvgIpc) is 2.93. The second-order valence-electron chi connectivity index (χ2n) is 6.24. The Labute approximate surface area is 144 Å². The first-order valence-electron chi connectivity index (χ1n) is 8.25. The molecule has 0 saturated heterocycles. The van der Waals surface area contributed by atoms with Crippen molar-refractivity contribution in [3.63, 3.8) is 0 Å². The Morgan fingerprint density at radius 3 is 2.36 bits per heavy atom. The number of rotatable bonds is 2. The highest BCUT2D eigenvalue weighted by Gasteiger charge is 2.32. The minimum atomic E-state index is -0.729. The topological polar surface area (TPSA) is 78.5 Å². The fourth-order valence-electron chi connectivity index (χ4n) is 3.45. The second kappa shape index (κ2) is 6.05. The first kappa shape index (κ1) is 15.4. The summed E-state index contributed by atoms with van der Waals surface area (Å²) in [4.78, 5) is 38.1. The Morgan fingerprint density at radius 2 is 1.60 bits per heavy atom. The molecule has 0 spiro atoms. The molecule has 0 saturated carbocycles. The van der Waals surface area contributed by atoms with Gasteiger partial charge < -0.3 is 15.5 Å². The third kappa shape index (κ3) is 2.87. The molecule has 0 aliphatic carbocycles.